The Morgan fingerprint density at radius 2 is 1.93 bits per heavy atom. The minimum atomic E-state index is -0.0920. The standard InChI is InChI=1S/C21H33N3O3.HI/c1-5-22-20(24-11-9-17(10-12-24)25-6-2)23-14-21(3,4)16-7-8-18-19(13-16)27-15-26-18;/h7-8,13,17H,5-6,9-12,14-15H2,1-4H3,(H,22,23);1H. The van der Waals surface area contributed by atoms with E-state index in [-0.39, 0.29) is 29.4 Å². The fourth-order valence-corrected chi connectivity index (χ4v) is 3.58. The highest BCUT2D eigenvalue weighted by molar-refractivity contribution is 14.0. The summed E-state index contributed by atoms with van der Waals surface area (Å²) in [5.74, 6) is 2.65. The Bertz CT molecular complexity index is 658. The molecule has 1 aromatic carbocycles. The molecule has 7 heteroatoms. The van der Waals surface area contributed by atoms with Crippen LogP contribution in [0.1, 0.15) is 46.1 Å². The van der Waals surface area contributed by atoms with Crippen molar-refractivity contribution < 1.29 is 14.2 Å². The largest absolute Gasteiger partial charge is 0.454 e. The van der Waals surface area contributed by atoms with Crippen molar-refractivity contribution in [2.45, 2.75) is 52.1 Å². The molecule has 1 N–H and O–H groups in total. The molecule has 0 unspecified atom stereocenters. The van der Waals surface area contributed by atoms with Crippen molar-refractivity contribution in [3.8, 4) is 11.5 Å². The van der Waals surface area contributed by atoms with Gasteiger partial charge in [0.1, 0.15) is 0 Å². The molecule has 0 bridgehead atoms. The summed E-state index contributed by atoms with van der Waals surface area (Å²) in [4.78, 5) is 7.32. The molecule has 2 aliphatic rings. The molecule has 0 spiro atoms. The number of hydrogen-bond donors (Lipinski definition) is 1. The van der Waals surface area contributed by atoms with E-state index >= 15 is 0 Å². The van der Waals surface area contributed by atoms with Crippen LogP contribution in [-0.4, -0.2) is 56.5 Å². The van der Waals surface area contributed by atoms with Crippen molar-refractivity contribution in [3.05, 3.63) is 23.8 Å². The summed E-state index contributed by atoms with van der Waals surface area (Å²) in [6.45, 7) is 13.3. The Labute approximate surface area is 186 Å². The quantitative estimate of drug-likeness (QED) is 0.364. The molecule has 158 valence electrons. The van der Waals surface area contributed by atoms with Gasteiger partial charge in [-0.15, -0.1) is 24.0 Å². The summed E-state index contributed by atoms with van der Waals surface area (Å²) < 4.78 is 16.7. The Balaban J connectivity index is 0.00000280. The van der Waals surface area contributed by atoms with Gasteiger partial charge in [-0.3, -0.25) is 4.99 Å². The molecule has 28 heavy (non-hydrogen) atoms. The number of likely N-dealkylation sites (tertiary alicyclic amines) is 1. The van der Waals surface area contributed by atoms with Crippen LogP contribution in [0.25, 0.3) is 0 Å². The van der Waals surface area contributed by atoms with Gasteiger partial charge in [-0.2, -0.15) is 0 Å². The smallest absolute Gasteiger partial charge is 0.231 e. The molecule has 0 saturated carbocycles. The number of aliphatic imine (C=N–C) groups is 1. The van der Waals surface area contributed by atoms with Crippen LogP contribution in [0.5, 0.6) is 11.5 Å². The summed E-state index contributed by atoms with van der Waals surface area (Å²) >= 11 is 0. The molecule has 0 radical (unpaired) electrons. The van der Waals surface area contributed by atoms with Crippen molar-refractivity contribution in [2.24, 2.45) is 4.99 Å². The van der Waals surface area contributed by atoms with Crippen molar-refractivity contribution in [1.82, 2.24) is 10.2 Å². The number of piperidine rings is 1. The lowest BCUT2D eigenvalue weighted by Gasteiger charge is -2.34. The van der Waals surface area contributed by atoms with Crippen LogP contribution in [-0.2, 0) is 10.2 Å². The van der Waals surface area contributed by atoms with Crippen LogP contribution in [0, 0.1) is 0 Å². The Morgan fingerprint density at radius 3 is 2.61 bits per heavy atom. The second kappa shape index (κ2) is 10.5. The second-order valence-electron chi connectivity index (χ2n) is 7.76. The zero-order chi connectivity index (χ0) is 19.3. The minimum Gasteiger partial charge on any atom is -0.454 e. The predicted molar refractivity (Wildman–Crippen MR) is 123 cm³/mol. The summed E-state index contributed by atoms with van der Waals surface area (Å²) in [7, 11) is 0. The van der Waals surface area contributed by atoms with Crippen LogP contribution in [0.3, 0.4) is 0 Å². The second-order valence-corrected chi connectivity index (χ2v) is 7.76. The molecule has 0 aliphatic carbocycles. The molecule has 2 aliphatic heterocycles. The predicted octanol–water partition coefficient (Wildman–Crippen LogP) is 3.78. The van der Waals surface area contributed by atoms with Gasteiger partial charge in [-0.05, 0) is 44.4 Å². The third-order valence-corrected chi connectivity index (χ3v) is 5.26. The highest BCUT2D eigenvalue weighted by atomic mass is 127. The fraction of sp³-hybridized carbons (Fsp3) is 0.667. The highest BCUT2D eigenvalue weighted by Gasteiger charge is 2.26. The molecule has 1 fully saturated rings. The van der Waals surface area contributed by atoms with Crippen molar-refractivity contribution in [2.75, 3.05) is 39.6 Å². The lowest BCUT2D eigenvalue weighted by atomic mass is 9.84. The van der Waals surface area contributed by atoms with Gasteiger partial charge in [-0.1, -0.05) is 19.9 Å². The van der Waals surface area contributed by atoms with E-state index in [1.54, 1.807) is 0 Å². The topological polar surface area (TPSA) is 55.3 Å². The Kier molecular flexibility index (Phi) is 8.67. The van der Waals surface area contributed by atoms with E-state index in [9.17, 15) is 0 Å². The van der Waals surface area contributed by atoms with E-state index in [0.717, 1.165) is 56.5 Å². The van der Waals surface area contributed by atoms with Gasteiger partial charge in [0.05, 0.1) is 12.6 Å². The number of fused-ring (bicyclic) bond motifs is 1. The molecule has 2 heterocycles. The maximum absolute atomic E-state index is 5.77. The zero-order valence-electron chi connectivity index (χ0n) is 17.5. The number of guanidine groups is 1. The molecular formula is C21H34IN3O3. The van der Waals surface area contributed by atoms with E-state index in [2.05, 4.69) is 50.0 Å². The minimum absolute atomic E-state index is 0. The Morgan fingerprint density at radius 1 is 1.21 bits per heavy atom. The van der Waals surface area contributed by atoms with Crippen LogP contribution < -0.4 is 14.8 Å². The molecule has 0 aromatic heterocycles. The number of ether oxygens (including phenoxy) is 3. The van der Waals surface area contributed by atoms with Crippen molar-refractivity contribution >= 4 is 29.9 Å². The third-order valence-electron chi connectivity index (χ3n) is 5.26. The first-order valence-corrected chi connectivity index (χ1v) is 10.1. The SMILES string of the molecule is CCNC(=NCC(C)(C)c1ccc2c(c1)OCO2)N1CCC(OCC)CC1.I. The summed E-state index contributed by atoms with van der Waals surface area (Å²) in [5, 5.41) is 3.46. The molecular weight excluding hydrogens is 469 g/mol. The molecule has 3 rings (SSSR count). The number of rotatable bonds is 6. The molecule has 6 nitrogen and oxygen atoms in total. The molecule has 1 saturated heterocycles. The van der Waals surface area contributed by atoms with E-state index < -0.39 is 0 Å². The molecule has 1 aromatic rings. The van der Waals surface area contributed by atoms with Gasteiger partial charge in [0.25, 0.3) is 0 Å². The van der Waals surface area contributed by atoms with Crippen molar-refractivity contribution in [3.63, 3.8) is 0 Å². The van der Waals surface area contributed by atoms with Gasteiger partial charge >= 0.3 is 0 Å². The number of nitrogens with one attached hydrogen (secondary N) is 1. The van der Waals surface area contributed by atoms with Gasteiger partial charge < -0.3 is 24.4 Å². The lowest BCUT2D eigenvalue weighted by Crippen LogP contribution is -2.47. The van der Waals surface area contributed by atoms with Gasteiger partial charge in [0.15, 0.2) is 17.5 Å². The van der Waals surface area contributed by atoms with Gasteiger partial charge in [0, 0.05) is 31.7 Å². The van der Waals surface area contributed by atoms with Crippen LogP contribution >= 0.6 is 24.0 Å². The van der Waals surface area contributed by atoms with E-state index in [4.69, 9.17) is 19.2 Å². The number of benzene rings is 1. The number of halogens is 1. The first kappa shape index (κ1) is 23.1. The van der Waals surface area contributed by atoms with E-state index in [0.29, 0.717) is 19.4 Å². The third kappa shape index (κ3) is 5.65. The van der Waals surface area contributed by atoms with Crippen LogP contribution in [0.2, 0.25) is 0 Å². The maximum Gasteiger partial charge on any atom is 0.231 e. The Hall–Kier alpha value is -1.22. The lowest BCUT2D eigenvalue weighted by molar-refractivity contribution is 0.0263. The zero-order valence-corrected chi connectivity index (χ0v) is 19.8. The van der Waals surface area contributed by atoms with Crippen LogP contribution in [0.15, 0.2) is 23.2 Å². The van der Waals surface area contributed by atoms with Gasteiger partial charge in [-0.25, -0.2) is 0 Å². The fourth-order valence-electron chi connectivity index (χ4n) is 3.58. The van der Waals surface area contributed by atoms with E-state index in [1.165, 1.54) is 5.56 Å². The summed E-state index contributed by atoms with van der Waals surface area (Å²) in [5.41, 5.74) is 1.12. The average Bonchev–Trinajstić information content (AvgIpc) is 3.14. The maximum atomic E-state index is 5.77. The average molecular weight is 503 g/mol. The highest BCUT2D eigenvalue weighted by Crippen LogP contribution is 2.36. The van der Waals surface area contributed by atoms with Gasteiger partial charge in [0.2, 0.25) is 6.79 Å². The van der Waals surface area contributed by atoms with Crippen LogP contribution in [0.4, 0.5) is 0 Å². The monoisotopic (exact) mass is 503 g/mol. The summed E-state index contributed by atoms with van der Waals surface area (Å²) in [6, 6.07) is 6.19. The molecule has 0 atom stereocenters. The first-order chi connectivity index (χ1) is 13.0. The number of nitrogens with zero attached hydrogens (tertiary/aromatic N) is 2. The molecule has 0 amide bonds. The normalized spacial score (nSPS) is 17.4. The van der Waals surface area contributed by atoms with Crippen molar-refractivity contribution in [1.29, 1.82) is 0 Å². The number of hydrogen-bond acceptors (Lipinski definition) is 4. The summed E-state index contributed by atoms with van der Waals surface area (Å²) in [6.07, 6.45) is 2.51. The van der Waals surface area contributed by atoms with E-state index in [1.807, 2.05) is 6.07 Å². The first-order valence-electron chi connectivity index (χ1n) is 10.1.